The molecular weight excluding hydrogens is 314 g/mol. The molecule has 0 fully saturated rings. The van der Waals surface area contributed by atoms with Crippen LogP contribution >= 0.6 is 11.3 Å². The largest absolute Gasteiger partial charge is 0.394 e. The SMILES string of the molecule is CC[C@H](C)[C@H](CO)NC(=O)Cn1nc(-c2cccs2)ccc1=O. The van der Waals surface area contributed by atoms with Gasteiger partial charge >= 0.3 is 0 Å². The van der Waals surface area contributed by atoms with Crippen molar-refractivity contribution in [2.45, 2.75) is 32.9 Å². The van der Waals surface area contributed by atoms with E-state index in [9.17, 15) is 14.7 Å². The van der Waals surface area contributed by atoms with Crippen molar-refractivity contribution < 1.29 is 9.90 Å². The lowest BCUT2D eigenvalue weighted by molar-refractivity contribution is -0.123. The smallest absolute Gasteiger partial charge is 0.267 e. The van der Waals surface area contributed by atoms with Gasteiger partial charge in [0.25, 0.3) is 5.56 Å². The predicted octanol–water partition coefficient (Wildman–Crippen LogP) is 1.49. The molecule has 0 saturated heterocycles. The average Bonchev–Trinajstić information content (AvgIpc) is 3.08. The fourth-order valence-electron chi connectivity index (χ4n) is 2.16. The number of carbonyl (C=O) groups excluding carboxylic acids is 1. The zero-order valence-corrected chi connectivity index (χ0v) is 14.0. The second kappa shape index (κ2) is 8.03. The summed E-state index contributed by atoms with van der Waals surface area (Å²) in [6.07, 6.45) is 0.845. The first-order valence-corrected chi connectivity index (χ1v) is 8.45. The zero-order valence-electron chi connectivity index (χ0n) is 13.2. The maximum Gasteiger partial charge on any atom is 0.267 e. The van der Waals surface area contributed by atoms with E-state index in [0.717, 1.165) is 16.0 Å². The van der Waals surface area contributed by atoms with Gasteiger partial charge in [0.1, 0.15) is 12.2 Å². The Hall–Kier alpha value is -1.99. The van der Waals surface area contributed by atoms with Gasteiger partial charge in [0.15, 0.2) is 0 Å². The molecule has 0 spiro atoms. The Kier molecular flexibility index (Phi) is 6.06. The summed E-state index contributed by atoms with van der Waals surface area (Å²) in [7, 11) is 0. The number of thiophene rings is 1. The summed E-state index contributed by atoms with van der Waals surface area (Å²) in [6, 6.07) is 6.56. The number of carbonyl (C=O) groups is 1. The van der Waals surface area contributed by atoms with Gasteiger partial charge in [-0.2, -0.15) is 5.10 Å². The van der Waals surface area contributed by atoms with Crippen LogP contribution < -0.4 is 10.9 Å². The maximum absolute atomic E-state index is 12.1. The number of nitrogens with one attached hydrogen (secondary N) is 1. The maximum atomic E-state index is 12.1. The first-order chi connectivity index (χ1) is 11.0. The van der Waals surface area contributed by atoms with Crippen LogP contribution in [0.2, 0.25) is 0 Å². The fraction of sp³-hybridized carbons (Fsp3) is 0.438. The molecule has 124 valence electrons. The number of aliphatic hydroxyl groups is 1. The predicted molar refractivity (Wildman–Crippen MR) is 90.3 cm³/mol. The van der Waals surface area contributed by atoms with Crippen LogP contribution in [0.25, 0.3) is 10.6 Å². The summed E-state index contributed by atoms with van der Waals surface area (Å²) >= 11 is 1.52. The van der Waals surface area contributed by atoms with Crippen molar-refractivity contribution in [3.63, 3.8) is 0 Å². The molecule has 0 aliphatic rings. The van der Waals surface area contributed by atoms with E-state index >= 15 is 0 Å². The highest BCUT2D eigenvalue weighted by molar-refractivity contribution is 7.13. The second-order valence-electron chi connectivity index (χ2n) is 5.43. The van der Waals surface area contributed by atoms with Crippen molar-refractivity contribution in [2.24, 2.45) is 5.92 Å². The standard InChI is InChI=1S/C16H21N3O3S/c1-3-11(2)13(10-20)17-15(21)9-19-16(22)7-6-12(18-19)14-5-4-8-23-14/h4-8,11,13,20H,3,9-10H2,1-2H3,(H,17,21)/t11-,13-/m0/s1. The molecule has 0 aromatic carbocycles. The molecule has 2 aromatic heterocycles. The van der Waals surface area contributed by atoms with E-state index in [1.165, 1.54) is 17.4 Å². The first-order valence-electron chi connectivity index (χ1n) is 7.57. The molecule has 0 bridgehead atoms. The molecule has 6 nitrogen and oxygen atoms in total. The van der Waals surface area contributed by atoms with Crippen LogP contribution in [0.5, 0.6) is 0 Å². The van der Waals surface area contributed by atoms with Crippen LogP contribution in [0.1, 0.15) is 20.3 Å². The second-order valence-corrected chi connectivity index (χ2v) is 6.38. The average molecular weight is 335 g/mol. The van der Waals surface area contributed by atoms with Crippen molar-refractivity contribution in [1.82, 2.24) is 15.1 Å². The molecule has 0 aliphatic heterocycles. The van der Waals surface area contributed by atoms with Crippen LogP contribution in [0.15, 0.2) is 34.4 Å². The fourth-order valence-corrected chi connectivity index (χ4v) is 2.85. The zero-order chi connectivity index (χ0) is 16.8. The van der Waals surface area contributed by atoms with E-state index in [1.807, 2.05) is 31.4 Å². The summed E-state index contributed by atoms with van der Waals surface area (Å²) in [5.74, 6) is -0.173. The van der Waals surface area contributed by atoms with Crippen LogP contribution in [0.4, 0.5) is 0 Å². The van der Waals surface area contributed by atoms with Gasteiger partial charge in [-0.05, 0) is 23.4 Å². The number of aromatic nitrogens is 2. The van der Waals surface area contributed by atoms with E-state index in [1.54, 1.807) is 6.07 Å². The van der Waals surface area contributed by atoms with Gasteiger partial charge < -0.3 is 10.4 Å². The minimum absolute atomic E-state index is 0.127. The third-order valence-electron chi connectivity index (χ3n) is 3.81. The quantitative estimate of drug-likeness (QED) is 0.803. The molecule has 2 N–H and O–H groups in total. The minimum Gasteiger partial charge on any atom is -0.394 e. The monoisotopic (exact) mass is 335 g/mol. The number of hydrogen-bond donors (Lipinski definition) is 2. The Labute approximate surface area is 138 Å². The Morgan fingerprint density at radius 3 is 2.83 bits per heavy atom. The highest BCUT2D eigenvalue weighted by Gasteiger charge is 2.18. The van der Waals surface area contributed by atoms with E-state index in [0.29, 0.717) is 5.69 Å². The molecule has 1 amide bonds. The van der Waals surface area contributed by atoms with Crippen molar-refractivity contribution in [3.05, 3.63) is 40.0 Å². The Morgan fingerprint density at radius 1 is 1.43 bits per heavy atom. The lowest BCUT2D eigenvalue weighted by Gasteiger charge is -2.22. The minimum atomic E-state index is -0.331. The van der Waals surface area contributed by atoms with Gasteiger partial charge in [0, 0.05) is 6.07 Å². The molecule has 7 heteroatoms. The molecule has 0 saturated carbocycles. The summed E-state index contributed by atoms with van der Waals surface area (Å²) in [6.45, 7) is 3.67. The normalized spacial score (nSPS) is 13.5. The Morgan fingerprint density at radius 2 is 2.22 bits per heavy atom. The summed E-state index contributed by atoms with van der Waals surface area (Å²) in [5.41, 5.74) is 0.331. The third-order valence-corrected chi connectivity index (χ3v) is 4.70. The van der Waals surface area contributed by atoms with Gasteiger partial charge in [-0.15, -0.1) is 11.3 Å². The highest BCUT2D eigenvalue weighted by Crippen LogP contribution is 2.21. The van der Waals surface area contributed by atoms with Gasteiger partial charge in [0.05, 0.1) is 17.5 Å². The lowest BCUT2D eigenvalue weighted by atomic mass is 10.00. The molecule has 0 aliphatic carbocycles. The lowest BCUT2D eigenvalue weighted by Crippen LogP contribution is -2.44. The van der Waals surface area contributed by atoms with Crippen LogP contribution in [0, 0.1) is 5.92 Å². The molecule has 0 radical (unpaired) electrons. The third kappa shape index (κ3) is 4.49. The number of nitrogens with zero attached hydrogens (tertiary/aromatic N) is 2. The molecule has 0 unspecified atom stereocenters. The molecule has 2 rings (SSSR count). The van der Waals surface area contributed by atoms with Crippen LogP contribution in [-0.4, -0.2) is 33.4 Å². The molecule has 2 aromatic rings. The van der Waals surface area contributed by atoms with Gasteiger partial charge in [-0.25, -0.2) is 4.68 Å². The molecule has 2 atom stereocenters. The number of amides is 1. The highest BCUT2D eigenvalue weighted by atomic mass is 32.1. The summed E-state index contributed by atoms with van der Waals surface area (Å²) < 4.78 is 1.15. The van der Waals surface area contributed by atoms with E-state index in [2.05, 4.69) is 10.4 Å². The molecule has 2 heterocycles. The van der Waals surface area contributed by atoms with Gasteiger partial charge in [-0.1, -0.05) is 26.3 Å². The van der Waals surface area contributed by atoms with E-state index in [-0.39, 0.29) is 36.6 Å². The van der Waals surface area contributed by atoms with Crippen molar-refractivity contribution in [3.8, 4) is 10.6 Å². The Bertz CT molecular complexity index is 697. The Balaban J connectivity index is 2.11. The summed E-state index contributed by atoms with van der Waals surface area (Å²) in [4.78, 5) is 25.0. The number of rotatable bonds is 7. The first kappa shape index (κ1) is 17.4. The van der Waals surface area contributed by atoms with Gasteiger partial charge in [0.2, 0.25) is 5.91 Å². The van der Waals surface area contributed by atoms with Gasteiger partial charge in [-0.3, -0.25) is 9.59 Å². The van der Waals surface area contributed by atoms with E-state index in [4.69, 9.17) is 0 Å². The topological polar surface area (TPSA) is 84.2 Å². The molecular formula is C16H21N3O3S. The van der Waals surface area contributed by atoms with E-state index < -0.39 is 0 Å². The van der Waals surface area contributed by atoms with Crippen molar-refractivity contribution in [2.75, 3.05) is 6.61 Å². The number of hydrogen-bond acceptors (Lipinski definition) is 5. The van der Waals surface area contributed by atoms with Crippen molar-refractivity contribution >= 4 is 17.2 Å². The van der Waals surface area contributed by atoms with Crippen LogP contribution in [-0.2, 0) is 11.3 Å². The van der Waals surface area contributed by atoms with Crippen molar-refractivity contribution in [1.29, 1.82) is 0 Å². The van der Waals surface area contributed by atoms with Crippen LogP contribution in [0.3, 0.4) is 0 Å². The summed E-state index contributed by atoms with van der Waals surface area (Å²) in [5, 5.41) is 18.3. The number of aliphatic hydroxyl groups excluding tert-OH is 1. The molecule has 23 heavy (non-hydrogen) atoms.